The van der Waals surface area contributed by atoms with E-state index in [1.165, 1.54) is 30.5 Å². The largest absolute Gasteiger partial charge is 0.495 e. The fraction of sp³-hybridized carbons (Fsp3) is 0.571. The van der Waals surface area contributed by atoms with Gasteiger partial charge < -0.3 is 15.4 Å². The van der Waals surface area contributed by atoms with Gasteiger partial charge in [-0.3, -0.25) is 0 Å². The lowest BCUT2D eigenvalue weighted by Gasteiger charge is -2.42. The summed E-state index contributed by atoms with van der Waals surface area (Å²) < 4.78 is 5.48. The summed E-state index contributed by atoms with van der Waals surface area (Å²) in [5, 5.41) is 0. The molecule has 1 aliphatic carbocycles. The number of hydrogen-bond donors (Lipinski definition) is 1. The van der Waals surface area contributed by atoms with Crippen LogP contribution in [0.1, 0.15) is 30.9 Å². The second kappa shape index (κ2) is 3.91. The highest BCUT2D eigenvalue weighted by molar-refractivity contribution is 5.67. The highest BCUT2D eigenvalue weighted by atomic mass is 16.5. The number of para-hydroxylation sites is 1. The molecule has 0 spiro atoms. The molecule has 0 amide bonds. The third kappa shape index (κ3) is 1.45. The van der Waals surface area contributed by atoms with Gasteiger partial charge in [-0.2, -0.15) is 0 Å². The van der Waals surface area contributed by atoms with Crippen LogP contribution in [-0.2, 0) is 0 Å². The van der Waals surface area contributed by atoms with Crippen LogP contribution in [0.4, 0.5) is 5.69 Å². The summed E-state index contributed by atoms with van der Waals surface area (Å²) in [6, 6.07) is 6.98. The minimum atomic E-state index is 0.170. The van der Waals surface area contributed by atoms with Crippen LogP contribution in [0.25, 0.3) is 0 Å². The van der Waals surface area contributed by atoms with Crippen LogP contribution in [0.5, 0.6) is 5.75 Å². The quantitative estimate of drug-likeness (QED) is 0.807. The van der Waals surface area contributed by atoms with E-state index in [1.807, 2.05) is 12.1 Å². The van der Waals surface area contributed by atoms with Gasteiger partial charge >= 0.3 is 0 Å². The van der Waals surface area contributed by atoms with E-state index in [1.54, 1.807) is 7.11 Å². The first kappa shape index (κ1) is 10.9. The predicted molar refractivity (Wildman–Crippen MR) is 69.5 cm³/mol. The van der Waals surface area contributed by atoms with Crippen molar-refractivity contribution in [3.8, 4) is 5.75 Å². The van der Waals surface area contributed by atoms with Crippen LogP contribution in [0, 0.1) is 5.92 Å². The third-order valence-corrected chi connectivity index (χ3v) is 4.45. The van der Waals surface area contributed by atoms with Gasteiger partial charge in [0.25, 0.3) is 0 Å². The maximum Gasteiger partial charge on any atom is 0.142 e. The summed E-state index contributed by atoms with van der Waals surface area (Å²) in [7, 11) is 3.91. The first-order chi connectivity index (χ1) is 8.24. The number of anilines is 1. The standard InChI is InChI=1S/C14H20N2O/c1-16-11-7-3-5-9(11)13(15)10-6-4-8-12(17-2)14(10)16/h4,6,8-9,11,13H,3,5,7,15H2,1-2H3. The van der Waals surface area contributed by atoms with Crippen molar-refractivity contribution in [1.82, 2.24) is 0 Å². The summed E-state index contributed by atoms with van der Waals surface area (Å²) in [5.74, 6) is 1.56. The lowest BCUT2D eigenvalue weighted by atomic mass is 9.83. The van der Waals surface area contributed by atoms with Gasteiger partial charge in [-0.25, -0.2) is 0 Å². The number of ether oxygens (including phenoxy) is 1. The zero-order valence-electron chi connectivity index (χ0n) is 10.5. The Morgan fingerprint density at radius 2 is 2.18 bits per heavy atom. The molecule has 1 heterocycles. The van der Waals surface area contributed by atoms with Gasteiger partial charge in [0.1, 0.15) is 5.75 Å². The van der Waals surface area contributed by atoms with E-state index in [0.29, 0.717) is 12.0 Å². The van der Waals surface area contributed by atoms with Crippen molar-refractivity contribution in [2.24, 2.45) is 11.7 Å². The number of hydrogen-bond acceptors (Lipinski definition) is 3. The Balaban J connectivity index is 2.13. The molecule has 17 heavy (non-hydrogen) atoms. The molecule has 2 N–H and O–H groups in total. The molecule has 2 aliphatic rings. The Hall–Kier alpha value is -1.22. The van der Waals surface area contributed by atoms with Crippen molar-refractivity contribution in [2.75, 3.05) is 19.1 Å². The van der Waals surface area contributed by atoms with E-state index in [-0.39, 0.29) is 6.04 Å². The summed E-state index contributed by atoms with van der Waals surface area (Å²) in [6.07, 6.45) is 3.81. The second-order valence-electron chi connectivity index (χ2n) is 5.20. The van der Waals surface area contributed by atoms with E-state index in [0.717, 1.165) is 5.75 Å². The van der Waals surface area contributed by atoms with Crippen molar-refractivity contribution >= 4 is 5.69 Å². The fourth-order valence-corrected chi connectivity index (χ4v) is 3.62. The first-order valence-electron chi connectivity index (χ1n) is 6.39. The van der Waals surface area contributed by atoms with Gasteiger partial charge in [0.15, 0.2) is 0 Å². The van der Waals surface area contributed by atoms with Gasteiger partial charge in [-0.05, 0) is 30.4 Å². The molecule has 1 fully saturated rings. The minimum Gasteiger partial charge on any atom is -0.495 e. The Kier molecular flexibility index (Phi) is 2.51. The van der Waals surface area contributed by atoms with Crippen LogP contribution >= 0.6 is 0 Å². The Morgan fingerprint density at radius 1 is 1.35 bits per heavy atom. The summed E-state index contributed by atoms with van der Waals surface area (Å²) in [6.45, 7) is 0. The molecule has 1 aromatic carbocycles. The summed E-state index contributed by atoms with van der Waals surface area (Å²) in [5.41, 5.74) is 8.88. The average molecular weight is 232 g/mol. The molecule has 3 unspecified atom stereocenters. The van der Waals surface area contributed by atoms with E-state index in [9.17, 15) is 0 Å². The van der Waals surface area contributed by atoms with Crippen molar-refractivity contribution in [3.63, 3.8) is 0 Å². The first-order valence-corrected chi connectivity index (χ1v) is 6.39. The highest BCUT2D eigenvalue weighted by Gasteiger charge is 2.41. The minimum absolute atomic E-state index is 0.170. The molecule has 0 aromatic heterocycles. The van der Waals surface area contributed by atoms with E-state index >= 15 is 0 Å². The number of nitrogens with zero attached hydrogens (tertiary/aromatic N) is 1. The molecule has 3 rings (SSSR count). The lowest BCUT2D eigenvalue weighted by molar-refractivity contribution is 0.358. The lowest BCUT2D eigenvalue weighted by Crippen LogP contribution is -2.44. The fourth-order valence-electron chi connectivity index (χ4n) is 3.62. The maximum absolute atomic E-state index is 6.44. The molecule has 92 valence electrons. The molecule has 0 saturated heterocycles. The van der Waals surface area contributed by atoms with Gasteiger partial charge in [-0.15, -0.1) is 0 Å². The zero-order valence-corrected chi connectivity index (χ0v) is 10.5. The van der Waals surface area contributed by atoms with E-state index in [2.05, 4.69) is 18.0 Å². The van der Waals surface area contributed by atoms with E-state index in [4.69, 9.17) is 10.5 Å². The van der Waals surface area contributed by atoms with Gasteiger partial charge in [0, 0.05) is 19.1 Å². The third-order valence-electron chi connectivity index (χ3n) is 4.45. The SMILES string of the molecule is COc1cccc2c1N(C)C1CCCC1C2N. The number of fused-ring (bicyclic) bond motifs is 2. The topological polar surface area (TPSA) is 38.5 Å². The summed E-state index contributed by atoms with van der Waals surface area (Å²) >= 11 is 0. The van der Waals surface area contributed by atoms with Crippen molar-refractivity contribution < 1.29 is 4.74 Å². The van der Waals surface area contributed by atoms with Gasteiger partial charge in [0.2, 0.25) is 0 Å². The van der Waals surface area contributed by atoms with Crippen molar-refractivity contribution in [3.05, 3.63) is 23.8 Å². The molecule has 0 bridgehead atoms. The average Bonchev–Trinajstić information content (AvgIpc) is 2.84. The monoisotopic (exact) mass is 232 g/mol. The Bertz CT molecular complexity index is 432. The maximum atomic E-state index is 6.44. The number of rotatable bonds is 1. The molecular weight excluding hydrogens is 212 g/mol. The molecular formula is C14H20N2O. The molecule has 3 heteroatoms. The van der Waals surface area contributed by atoms with Crippen molar-refractivity contribution in [2.45, 2.75) is 31.3 Å². The summed E-state index contributed by atoms with van der Waals surface area (Å²) in [4.78, 5) is 2.38. The van der Waals surface area contributed by atoms with Crippen LogP contribution in [0.2, 0.25) is 0 Å². The van der Waals surface area contributed by atoms with E-state index < -0.39 is 0 Å². The second-order valence-corrected chi connectivity index (χ2v) is 5.20. The van der Waals surface area contributed by atoms with Crippen LogP contribution in [0.15, 0.2) is 18.2 Å². The van der Waals surface area contributed by atoms with Gasteiger partial charge in [-0.1, -0.05) is 18.6 Å². The molecule has 3 atom stereocenters. The Labute approximate surface area is 103 Å². The Morgan fingerprint density at radius 3 is 2.94 bits per heavy atom. The molecule has 1 aromatic rings. The van der Waals surface area contributed by atoms with Crippen molar-refractivity contribution in [1.29, 1.82) is 0 Å². The highest BCUT2D eigenvalue weighted by Crippen LogP contribution is 2.48. The molecule has 3 nitrogen and oxygen atoms in total. The van der Waals surface area contributed by atoms with Crippen LogP contribution in [0.3, 0.4) is 0 Å². The molecule has 0 radical (unpaired) electrons. The normalized spacial score (nSPS) is 31.0. The van der Waals surface area contributed by atoms with Crippen LogP contribution < -0.4 is 15.4 Å². The smallest absolute Gasteiger partial charge is 0.142 e. The van der Waals surface area contributed by atoms with Crippen LogP contribution in [-0.4, -0.2) is 20.2 Å². The van der Waals surface area contributed by atoms with Gasteiger partial charge in [0.05, 0.1) is 12.8 Å². The zero-order chi connectivity index (χ0) is 12.0. The molecule has 1 aliphatic heterocycles. The molecule has 1 saturated carbocycles. The number of nitrogens with two attached hydrogens (primary N) is 1. The predicted octanol–water partition coefficient (Wildman–Crippen LogP) is 2.31. The number of benzene rings is 1. The number of methoxy groups -OCH3 is 1.